The molecule has 2 amide bonds. The minimum absolute atomic E-state index is 0.0908. The van der Waals surface area contributed by atoms with Gasteiger partial charge in [-0.25, -0.2) is 9.78 Å². The number of hydrogen-bond acceptors (Lipinski definition) is 5. The van der Waals surface area contributed by atoms with Gasteiger partial charge in [-0.05, 0) is 42.3 Å². The number of nitrogens with one attached hydrogen (secondary N) is 2. The second kappa shape index (κ2) is 8.71. The fraction of sp³-hybridized carbons (Fsp3) is 0.500. The summed E-state index contributed by atoms with van der Waals surface area (Å²) < 4.78 is 5.37. The number of nitrogens with zero attached hydrogens (tertiary/aromatic N) is 2. The number of carbonyl (C=O) groups is 1. The van der Waals surface area contributed by atoms with Crippen LogP contribution in [0.1, 0.15) is 36.6 Å². The smallest absolute Gasteiger partial charge is 0.319 e. The first-order chi connectivity index (χ1) is 13.3. The first-order valence-electron chi connectivity index (χ1n) is 9.69. The Labute approximate surface area is 163 Å². The van der Waals surface area contributed by atoms with Gasteiger partial charge in [-0.15, -0.1) is 11.3 Å². The molecule has 7 heteroatoms. The average Bonchev–Trinajstić information content (AvgIpc) is 3.42. The van der Waals surface area contributed by atoms with Gasteiger partial charge in [0, 0.05) is 18.0 Å². The van der Waals surface area contributed by atoms with Crippen LogP contribution in [-0.4, -0.2) is 37.3 Å². The van der Waals surface area contributed by atoms with E-state index in [0.29, 0.717) is 11.6 Å². The molecule has 0 bridgehead atoms. The Hall–Kier alpha value is -2.12. The third kappa shape index (κ3) is 4.59. The second-order valence-electron chi connectivity index (χ2n) is 7.14. The van der Waals surface area contributed by atoms with Gasteiger partial charge < -0.3 is 20.3 Å². The molecule has 0 spiro atoms. The Morgan fingerprint density at radius 3 is 2.70 bits per heavy atom. The molecular formula is C20H26N4O2S. The fourth-order valence-corrected chi connectivity index (χ4v) is 4.80. The molecule has 1 aliphatic heterocycles. The topological polar surface area (TPSA) is 66.5 Å². The number of hydrogen-bond donors (Lipinski definition) is 2. The van der Waals surface area contributed by atoms with Gasteiger partial charge in [0.1, 0.15) is 5.82 Å². The van der Waals surface area contributed by atoms with Crippen molar-refractivity contribution in [3.05, 3.63) is 40.7 Å². The highest BCUT2D eigenvalue weighted by Gasteiger charge is 2.28. The first kappa shape index (κ1) is 18.3. The van der Waals surface area contributed by atoms with Crippen molar-refractivity contribution < 1.29 is 9.53 Å². The van der Waals surface area contributed by atoms with Crippen LogP contribution in [0.5, 0.6) is 0 Å². The van der Waals surface area contributed by atoms with Gasteiger partial charge in [0.25, 0.3) is 0 Å². The number of ether oxygens (including phenoxy) is 1. The third-order valence-electron chi connectivity index (χ3n) is 5.35. The van der Waals surface area contributed by atoms with E-state index in [1.807, 2.05) is 12.1 Å². The van der Waals surface area contributed by atoms with Crippen molar-refractivity contribution in [2.45, 2.75) is 31.7 Å². The summed E-state index contributed by atoms with van der Waals surface area (Å²) in [4.78, 5) is 20.5. The molecule has 0 radical (unpaired) electrons. The number of morpholine rings is 1. The zero-order valence-corrected chi connectivity index (χ0v) is 16.2. The number of rotatable bonds is 5. The van der Waals surface area contributed by atoms with Crippen LogP contribution in [0.2, 0.25) is 0 Å². The van der Waals surface area contributed by atoms with Crippen LogP contribution in [0, 0.1) is 5.92 Å². The molecule has 144 valence electrons. The minimum Gasteiger partial charge on any atom is -0.378 e. The summed E-state index contributed by atoms with van der Waals surface area (Å²) in [6, 6.07) is 7.96. The first-order valence-corrected chi connectivity index (χ1v) is 10.6. The normalized spacial score (nSPS) is 19.0. The molecule has 0 unspecified atom stereocenters. The average molecular weight is 387 g/mol. The molecule has 1 saturated heterocycles. The van der Waals surface area contributed by atoms with E-state index in [2.05, 4.69) is 38.0 Å². The predicted molar refractivity (Wildman–Crippen MR) is 108 cm³/mol. The summed E-state index contributed by atoms with van der Waals surface area (Å²) in [5, 5.41) is 8.20. The van der Waals surface area contributed by atoms with Gasteiger partial charge in [-0.1, -0.05) is 18.9 Å². The lowest BCUT2D eigenvalue weighted by atomic mass is 9.97. The molecule has 27 heavy (non-hydrogen) atoms. The molecule has 3 heterocycles. The number of anilines is 2. The van der Waals surface area contributed by atoms with E-state index in [1.165, 1.54) is 30.6 Å². The second-order valence-corrected chi connectivity index (χ2v) is 8.12. The van der Waals surface area contributed by atoms with E-state index in [4.69, 9.17) is 4.74 Å². The van der Waals surface area contributed by atoms with Crippen molar-refractivity contribution in [1.82, 2.24) is 10.3 Å². The van der Waals surface area contributed by atoms with E-state index in [9.17, 15) is 4.79 Å². The molecule has 2 aromatic rings. The maximum absolute atomic E-state index is 12.6. The highest BCUT2D eigenvalue weighted by Crippen LogP contribution is 2.37. The Morgan fingerprint density at radius 2 is 2.04 bits per heavy atom. The zero-order chi connectivity index (χ0) is 18.5. The quantitative estimate of drug-likeness (QED) is 0.814. The molecular weight excluding hydrogens is 360 g/mol. The van der Waals surface area contributed by atoms with Crippen LogP contribution < -0.4 is 15.5 Å². The van der Waals surface area contributed by atoms with Gasteiger partial charge in [0.2, 0.25) is 0 Å². The van der Waals surface area contributed by atoms with Gasteiger partial charge in [-0.2, -0.15) is 0 Å². The van der Waals surface area contributed by atoms with E-state index < -0.39 is 0 Å². The van der Waals surface area contributed by atoms with Crippen LogP contribution in [0.15, 0.2) is 35.8 Å². The number of pyridine rings is 1. The molecule has 4 rings (SSSR count). The molecule has 2 N–H and O–H groups in total. The van der Waals surface area contributed by atoms with Crippen molar-refractivity contribution in [2.24, 2.45) is 5.92 Å². The van der Waals surface area contributed by atoms with Crippen LogP contribution in [0.3, 0.4) is 0 Å². The number of aromatic nitrogens is 1. The third-order valence-corrected chi connectivity index (χ3v) is 6.30. The summed E-state index contributed by atoms with van der Waals surface area (Å²) in [6.07, 6.45) is 6.59. The van der Waals surface area contributed by atoms with Crippen molar-refractivity contribution in [1.29, 1.82) is 0 Å². The maximum Gasteiger partial charge on any atom is 0.319 e. The lowest BCUT2D eigenvalue weighted by Gasteiger charge is -2.27. The molecule has 0 aromatic carbocycles. The summed E-state index contributed by atoms with van der Waals surface area (Å²) >= 11 is 1.71. The molecule has 2 aliphatic rings. The largest absolute Gasteiger partial charge is 0.378 e. The minimum atomic E-state index is -0.166. The number of carbonyl (C=O) groups excluding carboxylic acids is 1. The van der Waals surface area contributed by atoms with Gasteiger partial charge >= 0.3 is 6.03 Å². The predicted octanol–water partition coefficient (Wildman–Crippen LogP) is 4.03. The maximum atomic E-state index is 12.6. The standard InChI is InChI=1S/C20H26N4O2S/c25-20(23-19(15-4-1-2-5-15)17-6-3-13-27-17)22-16-7-8-18(21-14-16)24-9-11-26-12-10-24/h3,6-8,13-15,19H,1-2,4-5,9-12H2,(H2,22,23,25)/t19-/m0/s1. The van der Waals surface area contributed by atoms with Crippen molar-refractivity contribution >= 4 is 28.9 Å². The van der Waals surface area contributed by atoms with Crippen LogP contribution in [0.25, 0.3) is 0 Å². The molecule has 6 nitrogen and oxygen atoms in total. The number of amides is 2. The SMILES string of the molecule is O=C(Nc1ccc(N2CCOCC2)nc1)N[C@H](c1cccs1)C1CCCC1. The summed E-state index contributed by atoms with van der Waals surface area (Å²) in [6.45, 7) is 3.17. The molecule has 1 saturated carbocycles. The lowest BCUT2D eigenvalue weighted by molar-refractivity contribution is 0.122. The van der Waals surface area contributed by atoms with Gasteiger partial charge in [0.05, 0.1) is 31.1 Å². The summed E-state index contributed by atoms with van der Waals surface area (Å²) in [5.74, 6) is 1.45. The number of thiophene rings is 1. The van der Waals surface area contributed by atoms with Crippen molar-refractivity contribution in [3.8, 4) is 0 Å². The van der Waals surface area contributed by atoms with E-state index in [1.54, 1.807) is 17.5 Å². The Bertz CT molecular complexity index is 723. The van der Waals surface area contributed by atoms with Gasteiger partial charge in [-0.3, -0.25) is 0 Å². The Morgan fingerprint density at radius 1 is 1.22 bits per heavy atom. The van der Waals surface area contributed by atoms with Gasteiger partial charge in [0.15, 0.2) is 0 Å². The molecule has 1 aliphatic carbocycles. The molecule has 2 fully saturated rings. The highest BCUT2D eigenvalue weighted by molar-refractivity contribution is 7.10. The van der Waals surface area contributed by atoms with E-state index >= 15 is 0 Å². The summed E-state index contributed by atoms with van der Waals surface area (Å²) in [5.41, 5.74) is 0.709. The zero-order valence-electron chi connectivity index (χ0n) is 15.4. The van der Waals surface area contributed by atoms with Crippen LogP contribution in [-0.2, 0) is 4.74 Å². The monoisotopic (exact) mass is 386 g/mol. The van der Waals surface area contributed by atoms with E-state index in [-0.39, 0.29) is 12.1 Å². The highest BCUT2D eigenvalue weighted by atomic mass is 32.1. The number of urea groups is 1. The summed E-state index contributed by atoms with van der Waals surface area (Å²) in [7, 11) is 0. The van der Waals surface area contributed by atoms with E-state index in [0.717, 1.165) is 32.1 Å². The molecule has 1 atom stereocenters. The van der Waals surface area contributed by atoms with Crippen LogP contribution >= 0.6 is 11.3 Å². The lowest BCUT2D eigenvalue weighted by Crippen LogP contribution is -2.37. The Kier molecular flexibility index (Phi) is 5.89. The van der Waals surface area contributed by atoms with Crippen LogP contribution in [0.4, 0.5) is 16.3 Å². The van der Waals surface area contributed by atoms with Crippen molar-refractivity contribution in [2.75, 3.05) is 36.5 Å². The van der Waals surface area contributed by atoms with Crippen molar-refractivity contribution in [3.63, 3.8) is 0 Å². The Balaban J connectivity index is 1.37. The molecule has 2 aromatic heterocycles. The fourth-order valence-electron chi connectivity index (χ4n) is 3.93.